The Bertz CT molecular complexity index is 805. The predicted octanol–water partition coefficient (Wildman–Crippen LogP) is 0.509. The fourth-order valence-corrected chi connectivity index (χ4v) is 3.39. The summed E-state index contributed by atoms with van der Waals surface area (Å²) in [5, 5.41) is 0. The SMILES string of the molecule is C=CCOC(=O)N1C[C@@H](OS(=O)(=O)c2ccccc2)C(=O)[C@H]1C(=O)OC. The Kier molecular flexibility index (Phi) is 6.11. The number of rotatable bonds is 6. The number of ketones is 1. The maximum absolute atomic E-state index is 12.4. The van der Waals surface area contributed by atoms with Gasteiger partial charge >= 0.3 is 12.1 Å². The van der Waals surface area contributed by atoms with E-state index in [-0.39, 0.29) is 11.5 Å². The normalized spacial score (nSPS) is 19.9. The van der Waals surface area contributed by atoms with E-state index >= 15 is 0 Å². The monoisotopic (exact) mass is 383 g/mol. The third kappa shape index (κ3) is 4.09. The molecule has 0 spiro atoms. The number of ether oxygens (including phenoxy) is 2. The first-order valence-corrected chi connectivity index (χ1v) is 8.87. The summed E-state index contributed by atoms with van der Waals surface area (Å²) >= 11 is 0. The van der Waals surface area contributed by atoms with E-state index in [4.69, 9.17) is 8.92 Å². The smallest absolute Gasteiger partial charge is 0.411 e. The number of methoxy groups -OCH3 is 1. The van der Waals surface area contributed by atoms with Crippen LogP contribution in [0.1, 0.15) is 0 Å². The van der Waals surface area contributed by atoms with Gasteiger partial charge in [-0.15, -0.1) is 0 Å². The lowest BCUT2D eigenvalue weighted by molar-refractivity contribution is -0.148. The number of hydrogen-bond acceptors (Lipinski definition) is 8. The minimum absolute atomic E-state index is 0.148. The van der Waals surface area contributed by atoms with E-state index in [1.165, 1.54) is 30.3 Å². The van der Waals surface area contributed by atoms with E-state index in [0.29, 0.717) is 0 Å². The van der Waals surface area contributed by atoms with Crippen LogP contribution >= 0.6 is 0 Å². The molecule has 1 aliphatic heterocycles. The van der Waals surface area contributed by atoms with Gasteiger partial charge < -0.3 is 9.47 Å². The van der Waals surface area contributed by atoms with Gasteiger partial charge in [-0.3, -0.25) is 13.9 Å². The number of hydrogen-bond donors (Lipinski definition) is 0. The number of carbonyl (C=O) groups is 3. The summed E-state index contributed by atoms with van der Waals surface area (Å²) in [6, 6.07) is 5.54. The van der Waals surface area contributed by atoms with Crippen LogP contribution in [0.15, 0.2) is 47.9 Å². The van der Waals surface area contributed by atoms with E-state index in [0.717, 1.165) is 12.0 Å². The number of amides is 1. The first-order chi connectivity index (χ1) is 12.3. The standard InChI is InChI=1S/C16H17NO8S/c1-3-9-24-16(20)17-10-12(14(18)13(17)15(19)23-2)25-26(21,22)11-7-5-4-6-8-11/h3-8,12-13H,1,9-10H2,2H3/t12-,13+/m1/s1. The fraction of sp³-hybridized carbons (Fsp3) is 0.312. The van der Waals surface area contributed by atoms with Crippen molar-refractivity contribution in [2.24, 2.45) is 0 Å². The van der Waals surface area contributed by atoms with Crippen molar-refractivity contribution in [1.82, 2.24) is 4.90 Å². The number of esters is 1. The first-order valence-electron chi connectivity index (χ1n) is 7.46. The molecule has 0 aromatic heterocycles. The van der Waals surface area contributed by atoms with Crippen LogP contribution in [-0.4, -0.2) is 63.6 Å². The summed E-state index contributed by atoms with van der Waals surface area (Å²) in [4.78, 5) is 37.0. The molecule has 0 bridgehead atoms. The van der Waals surface area contributed by atoms with Gasteiger partial charge in [0.15, 0.2) is 17.9 Å². The Balaban J connectivity index is 2.25. The molecule has 1 aromatic carbocycles. The largest absolute Gasteiger partial charge is 0.467 e. The van der Waals surface area contributed by atoms with E-state index in [1.807, 2.05) is 0 Å². The van der Waals surface area contributed by atoms with Crippen LogP contribution in [0.4, 0.5) is 4.79 Å². The molecule has 0 aliphatic carbocycles. The molecular weight excluding hydrogens is 366 g/mol. The molecular formula is C16H17NO8S. The Hall–Kier alpha value is -2.72. The summed E-state index contributed by atoms with van der Waals surface area (Å²) in [6.45, 7) is 2.76. The Morgan fingerprint density at radius 1 is 1.31 bits per heavy atom. The number of likely N-dealkylation sites (tertiary alicyclic amines) is 1. The Labute approximate surface area is 150 Å². The molecule has 2 atom stereocenters. The molecule has 9 nitrogen and oxygen atoms in total. The molecule has 1 aromatic rings. The minimum Gasteiger partial charge on any atom is -0.467 e. The average molecular weight is 383 g/mol. The van der Waals surface area contributed by atoms with Crippen molar-refractivity contribution >= 4 is 28.0 Å². The van der Waals surface area contributed by atoms with Crippen molar-refractivity contribution in [3.05, 3.63) is 43.0 Å². The molecule has 1 saturated heterocycles. The van der Waals surface area contributed by atoms with Crippen molar-refractivity contribution in [1.29, 1.82) is 0 Å². The zero-order chi connectivity index (χ0) is 19.3. The average Bonchev–Trinajstić information content (AvgIpc) is 2.95. The molecule has 1 aliphatic rings. The van der Waals surface area contributed by atoms with Gasteiger partial charge in [0.05, 0.1) is 18.6 Å². The first kappa shape index (κ1) is 19.6. The van der Waals surface area contributed by atoms with Crippen LogP contribution in [0.2, 0.25) is 0 Å². The van der Waals surface area contributed by atoms with Crippen LogP contribution in [0.25, 0.3) is 0 Å². The van der Waals surface area contributed by atoms with E-state index in [9.17, 15) is 22.8 Å². The van der Waals surface area contributed by atoms with Gasteiger partial charge in [-0.25, -0.2) is 9.59 Å². The lowest BCUT2D eigenvalue weighted by Crippen LogP contribution is -2.44. The van der Waals surface area contributed by atoms with Crippen LogP contribution in [0.3, 0.4) is 0 Å². The summed E-state index contributed by atoms with van der Waals surface area (Å²) < 4.78 is 38.9. The highest BCUT2D eigenvalue weighted by atomic mass is 32.2. The highest BCUT2D eigenvalue weighted by Crippen LogP contribution is 2.23. The summed E-state index contributed by atoms with van der Waals surface area (Å²) in [7, 11) is -3.23. The van der Waals surface area contributed by atoms with Crippen LogP contribution in [-0.2, 0) is 33.4 Å². The highest BCUT2D eigenvalue weighted by Gasteiger charge is 2.50. The molecule has 10 heteroatoms. The van der Waals surface area contributed by atoms with Gasteiger partial charge in [0.2, 0.25) is 0 Å². The van der Waals surface area contributed by atoms with Gasteiger partial charge in [-0.05, 0) is 12.1 Å². The molecule has 26 heavy (non-hydrogen) atoms. The lowest BCUT2D eigenvalue weighted by Gasteiger charge is -2.20. The maximum atomic E-state index is 12.4. The predicted molar refractivity (Wildman–Crippen MR) is 87.6 cm³/mol. The third-order valence-electron chi connectivity index (χ3n) is 3.52. The topological polar surface area (TPSA) is 116 Å². The molecule has 1 amide bonds. The van der Waals surface area contributed by atoms with Crippen LogP contribution in [0, 0.1) is 0 Å². The number of carbonyl (C=O) groups excluding carboxylic acids is 3. The van der Waals surface area contributed by atoms with Crippen molar-refractivity contribution in [3.8, 4) is 0 Å². The van der Waals surface area contributed by atoms with E-state index < -0.39 is 46.7 Å². The summed E-state index contributed by atoms with van der Waals surface area (Å²) in [5.41, 5.74) is 0. The molecule has 2 rings (SSSR count). The second-order valence-electron chi connectivity index (χ2n) is 5.20. The highest BCUT2D eigenvalue weighted by molar-refractivity contribution is 7.86. The second-order valence-corrected chi connectivity index (χ2v) is 6.77. The van der Waals surface area contributed by atoms with E-state index in [1.54, 1.807) is 6.07 Å². The molecule has 1 fully saturated rings. The molecule has 140 valence electrons. The quantitative estimate of drug-likeness (QED) is 0.302. The van der Waals surface area contributed by atoms with Crippen molar-refractivity contribution in [2.45, 2.75) is 17.0 Å². The summed E-state index contributed by atoms with van der Waals surface area (Å²) in [5.74, 6) is -1.93. The van der Waals surface area contributed by atoms with Gasteiger partial charge in [-0.2, -0.15) is 8.42 Å². The minimum atomic E-state index is -4.27. The molecule has 1 heterocycles. The fourth-order valence-electron chi connectivity index (χ4n) is 2.33. The number of nitrogens with zero attached hydrogens (tertiary/aromatic N) is 1. The van der Waals surface area contributed by atoms with Crippen LogP contribution < -0.4 is 0 Å². The Morgan fingerprint density at radius 2 is 1.96 bits per heavy atom. The van der Waals surface area contributed by atoms with Gasteiger partial charge in [-0.1, -0.05) is 30.9 Å². The Morgan fingerprint density at radius 3 is 2.54 bits per heavy atom. The van der Waals surface area contributed by atoms with Crippen molar-refractivity contribution in [3.63, 3.8) is 0 Å². The zero-order valence-electron chi connectivity index (χ0n) is 13.9. The van der Waals surface area contributed by atoms with Crippen molar-refractivity contribution in [2.75, 3.05) is 20.3 Å². The number of Topliss-reactive ketones (excluding diaryl/α,β-unsaturated/α-hetero) is 1. The summed E-state index contributed by atoms with van der Waals surface area (Å²) in [6.07, 6.45) is -1.24. The number of benzene rings is 1. The third-order valence-corrected chi connectivity index (χ3v) is 4.85. The van der Waals surface area contributed by atoms with Gasteiger partial charge in [0.25, 0.3) is 10.1 Å². The zero-order valence-corrected chi connectivity index (χ0v) is 14.7. The molecule has 0 N–H and O–H groups in total. The van der Waals surface area contributed by atoms with Gasteiger partial charge in [0.1, 0.15) is 6.61 Å². The van der Waals surface area contributed by atoms with E-state index in [2.05, 4.69) is 11.3 Å². The lowest BCUT2D eigenvalue weighted by atomic mass is 10.2. The second kappa shape index (κ2) is 8.11. The van der Waals surface area contributed by atoms with Crippen LogP contribution in [0.5, 0.6) is 0 Å². The van der Waals surface area contributed by atoms with Crippen molar-refractivity contribution < 1.29 is 36.5 Å². The molecule has 0 radical (unpaired) electrons. The molecule has 0 saturated carbocycles. The van der Waals surface area contributed by atoms with Gasteiger partial charge in [0, 0.05) is 0 Å². The molecule has 0 unspecified atom stereocenters. The maximum Gasteiger partial charge on any atom is 0.411 e.